The molecule has 0 saturated carbocycles. The van der Waals surface area contributed by atoms with Gasteiger partial charge in [-0.25, -0.2) is 8.42 Å². The third-order valence-electron chi connectivity index (χ3n) is 2.60. The Labute approximate surface area is 118 Å². The van der Waals surface area contributed by atoms with Gasteiger partial charge in [-0.1, -0.05) is 36.4 Å². The van der Waals surface area contributed by atoms with Crippen molar-refractivity contribution in [2.45, 2.75) is 5.16 Å². The Morgan fingerprint density at radius 3 is 2.50 bits per heavy atom. The van der Waals surface area contributed by atoms with E-state index in [1.165, 1.54) is 10.9 Å². The van der Waals surface area contributed by atoms with Gasteiger partial charge in [-0.3, -0.25) is 0 Å². The van der Waals surface area contributed by atoms with Crippen LogP contribution in [0.1, 0.15) is 0 Å². The van der Waals surface area contributed by atoms with Crippen LogP contribution in [0, 0.1) is 0 Å². The second kappa shape index (κ2) is 5.46. The minimum Gasteiger partial charge on any atom is -0.301 e. The molecule has 2 aromatic rings. The van der Waals surface area contributed by atoms with E-state index in [2.05, 4.69) is 16.7 Å². The van der Waals surface area contributed by atoms with E-state index in [1.807, 2.05) is 30.3 Å². The minimum absolute atomic E-state index is 0.182. The van der Waals surface area contributed by atoms with Crippen LogP contribution in [-0.2, 0) is 9.84 Å². The molecule has 0 bridgehead atoms. The van der Waals surface area contributed by atoms with Crippen molar-refractivity contribution in [2.75, 3.05) is 24.9 Å². The smallest absolute Gasteiger partial charge is 0.269 e. The fourth-order valence-corrected chi connectivity index (χ4v) is 2.58. The van der Waals surface area contributed by atoms with Crippen molar-refractivity contribution < 1.29 is 8.42 Å². The zero-order valence-electron chi connectivity index (χ0n) is 11.4. The molecule has 1 heterocycles. The number of aromatic nitrogens is 3. The predicted molar refractivity (Wildman–Crippen MR) is 77.8 cm³/mol. The van der Waals surface area contributed by atoms with E-state index in [4.69, 9.17) is 0 Å². The first-order chi connectivity index (χ1) is 9.45. The Kier molecular flexibility index (Phi) is 3.89. The molecule has 0 amide bonds. The van der Waals surface area contributed by atoms with Crippen LogP contribution in [0.2, 0.25) is 0 Å². The Morgan fingerprint density at radius 2 is 1.95 bits per heavy atom. The van der Waals surface area contributed by atoms with Gasteiger partial charge in [0.05, 0.1) is 5.75 Å². The van der Waals surface area contributed by atoms with Gasteiger partial charge in [-0.2, -0.15) is 9.77 Å². The van der Waals surface area contributed by atoms with Gasteiger partial charge in [0.2, 0.25) is 9.84 Å². The van der Waals surface area contributed by atoms with Gasteiger partial charge < -0.3 is 5.01 Å². The molecule has 0 radical (unpaired) electrons. The van der Waals surface area contributed by atoms with Gasteiger partial charge in [-0.15, -0.1) is 11.7 Å². The molecule has 2 rings (SSSR count). The normalized spacial score (nSPS) is 11.3. The molecular weight excluding hydrogens is 276 g/mol. The molecule has 0 aliphatic rings. The van der Waals surface area contributed by atoms with Crippen molar-refractivity contribution in [1.82, 2.24) is 14.9 Å². The maximum absolute atomic E-state index is 12.0. The third kappa shape index (κ3) is 2.72. The minimum atomic E-state index is -3.54. The lowest BCUT2D eigenvalue weighted by molar-refractivity contribution is 0.579. The first kappa shape index (κ1) is 14.3. The molecule has 0 spiro atoms. The van der Waals surface area contributed by atoms with E-state index in [9.17, 15) is 8.42 Å². The van der Waals surface area contributed by atoms with Gasteiger partial charge in [-0.05, 0) is 0 Å². The summed E-state index contributed by atoms with van der Waals surface area (Å²) in [5.74, 6) is 0.303. The quantitative estimate of drug-likeness (QED) is 0.772. The molecule has 1 aromatic heterocycles. The van der Waals surface area contributed by atoms with Crippen LogP contribution in [0.15, 0.2) is 48.1 Å². The average Bonchev–Trinajstić information content (AvgIpc) is 2.85. The van der Waals surface area contributed by atoms with Crippen molar-refractivity contribution in [1.29, 1.82) is 0 Å². The van der Waals surface area contributed by atoms with E-state index in [-0.39, 0.29) is 10.9 Å². The summed E-state index contributed by atoms with van der Waals surface area (Å²) in [4.78, 5) is 5.63. The fourth-order valence-electron chi connectivity index (χ4n) is 1.69. The van der Waals surface area contributed by atoms with E-state index in [1.54, 1.807) is 19.1 Å². The van der Waals surface area contributed by atoms with Gasteiger partial charge >= 0.3 is 0 Å². The van der Waals surface area contributed by atoms with Crippen LogP contribution < -0.4 is 5.01 Å². The molecule has 0 atom stereocenters. The van der Waals surface area contributed by atoms with Crippen molar-refractivity contribution in [3.05, 3.63) is 43.0 Å². The van der Waals surface area contributed by atoms with Crippen molar-refractivity contribution in [3.8, 4) is 11.4 Å². The summed E-state index contributed by atoms with van der Waals surface area (Å²) in [5, 5.41) is 5.55. The second-order valence-electron chi connectivity index (χ2n) is 4.39. The summed E-state index contributed by atoms with van der Waals surface area (Å²) in [5.41, 5.74) is 0.800. The number of benzene rings is 1. The second-order valence-corrected chi connectivity index (χ2v) is 6.32. The molecule has 20 heavy (non-hydrogen) atoms. The predicted octanol–water partition coefficient (Wildman–Crippen LogP) is 1.10. The maximum atomic E-state index is 12.0. The van der Waals surface area contributed by atoms with E-state index < -0.39 is 9.84 Å². The monoisotopic (exact) mass is 292 g/mol. The zero-order chi connectivity index (χ0) is 14.8. The molecule has 106 valence electrons. The van der Waals surface area contributed by atoms with Gasteiger partial charge in [0.1, 0.15) is 0 Å². The highest BCUT2D eigenvalue weighted by atomic mass is 32.2. The van der Waals surface area contributed by atoms with Gasteiger partial charge in [0, 0.05) is 19.7 Å². The SMILES string of the molecule is C=CCS(=O)(=O)c1nc(-c2ccccc2)n(N(C)C)n1. The molecule has 1 aromatic carbocycles. The van der Waals surface area contributed by atoms with Gasteiger partial charge in [0.25, 0.3) is 5.16 Å². The molecule has 6 nitrogen and oxygen atoms in total. The van der Waals surface area contributed by atoms with Crippen molar-refractivity contribution in [3.63, 3.8) is 0 Å². The molecule has 0 aliphatic carbocycles. The summed E-state index contributed by atoms with van der Waals surface area (Å²) < 4.78 is 24.0. The average molecular weight is 292 g/mol. The summed E-state index contributed by atoms with van der Waals surface area (Å²) in [6.07, 6.45) is 1.33. The van der Waals surface area contributed by atoms with Crippen LogP contribution >= 0.6 is 0 Å². The first-order valence-electron chi connectivity index (χ1n) is 5.99. The van der Waals surface area contributed by atoms with E-state index in [0.29, 0.717) is 5.82 Å². The first-order valence-corrected chi connectivity index (χ1v) is 7.64. The number of sulfone groups is 1. The van der Waals surface area contributed by atoms with Crippen LogP contribution in [0.3, 0.4) is 0 Å². The Hall–Kier alpha value is -2.15. The molecule has 0 aliphatic heterocycles. The standard InChI is InChI=1S/C13H16N4O2S/c1-4-10-20(18,19)13-14-12(17(15-13)16(2)3)11-8-6-5-7-9-11/h4-9H,1,10H2,2-3H3. The molecule has 7 heteroatoms. The summed E-state index contributed by atoms with van der Waals surface area (Å²) in [6.45, 7) is 3.44. The van der Waals surface area contributed by atoms with Crippen LogP contribution in [0.25, 0.3) is 11.4 Å². The molecule has 0 saturated heterocycles. The highest BCUT2D eigenvalue weighted by Crippen LogP contribution is 2.19. The lowest BCUT2D eigenvalue weighted by Gasteiger charge is -2.14. The Balaban J connectivity index is 2.58. The van der Waals surface area contributed by atoms with E-state index in [0.717, 1.165) is 5.56 Å². The highest BCUT2D eigenvalue weighted by Gasteiger charge is 2.22. The maximum Gasteiger partial charge on any atom is 0.269 e. The molecular formula is C13H16N4O2S. The Morgan fingerprint density at radius 1 is 1.30 bits per heavy atom. The largest absolute Gasteiger partial charge is 0.301 e. The van der Waals surface area contributed by atoms with Crippen LogP contribution in [0.4, 0.5) is 0 Å². The van der Waals surface area contributed by atoms with Crippen LogP contribution in [0.5, 0.6) is 0 Å². The molecule has 0 fully saturated rings. The zero-order valence-corrected chi connectivity index (χ0v) is 12.2. The Bertz CT molecular complexity index is 705. The highest BCUT2D eigenvalue weighted by molar-refractivity contribution is 7.91. The lowest BCUT2D eigenvalue weighted by Crippen LogP contribution is -2.27. The number of hydrogen-bond acceptors (Lipinski definition) is 5. The topological polar surface area (TPSA) is 68.1 Å². The summed E-state index contributed by atoms with van der Waals surface area (Å²) >= 11 is 0. The van der Waals surface area contributed by atoms with Crippen molar-refractivity contribution in [2.24, 2.45) is 0 Å². The van der Waals surface area contributed by atoms with Crippen molar-refractivity contribution >= 4 is 9.84 Å². The molecule has 0 N–H and O–H groups in total. The summed E-state index contributed by atoms with van der Waals surface area (Å²) in [7, 11) is -0.00357. The fraction of sp³-hybridized carbons (Fsp3) is 0.231. The number of hydrogen-bond donors (Lipinski definition) is 0. The molecule has 0 unspecified atom stereocenters. The van der Waals surface area contributed by atoms with E-state index >= 15 is 0 Å². The van der Waals surface area contributed by atoms with Gasteiger partial charge in [0.15, 0.2) is 5.82 Å². The lowest BCUT2D eigenvalue weighted by atomic mass is 10.2. The van der Waals surface area contributed by atoms with Crippen LogP contribution in [-0.4, -0.2) is 43.1 Å². The summed E-state index contributed by atoms with van der Waals surface area (Å²) in [6, 6.07) is 9.32. The number of rotatable bonds is 5. The number of nitrogens with zero attached hydrogens (tertiary/aromatic N) is 4. The third-order valence-corrected chi connectivity index (χ3v) is 4.00.